The third kappa shape index (κ3) is 5.34. The smallest absolute Gasteiger partial charge is 0.329 e. The Morgan fingerprint density at radius 1 is 1.06 bits per heavy atom. The summed E-state index contributed by atoms with van der Waals surface area (Å²) in [4.78, 5) is 24.0. The molecule has 0 fully saturated rings. The van der Waals surface area contributed by atoms with Crippen molar-refractivity contribution in [2.75, 3.05) is 7.11 Å². The van der Waals surface area contributed by atoms with Crippen molar-refractivity contribution in [3.05, 3.63) is 90.5 Å². The maximum absolute atomic E-state index is 12.0. The quantitative estimate of drug-likeness (QED) is 0.259. The molecule has 2 amide bonds. The van der Waals surface area contributed by atoms with Crippen molar-refractivity contribution in [2.24, 2.45) is 5.10 Å². The number of hydrazone groups is 1. The number of carbonyl (C=O) groups is 2. The molecule has 0 spiro atoms. The predicted molar refractivity (Wildman–Crippen MR) is 122 cm³/mol. The largest absolute Gasteiger partial charge is 0.497 e. The summed E-state index contributed by atoms with van der Waals surface area (Å²) in [6.45, 7) is 0.106. The Bertz CT molecular complexity index is 1250. The molecule has 166 valence electrons. The average Bonchev–Trinajstić information content (AvgIpc) is 3.53. The third-order valence-corrected chi connectivity index (χ3v) is 4.71. The molecule has 4 rings (SSSR count). The summed E-state index contributed by atoms with van der Waals surface area (Å²) in [6.07, 6.45) is 4.73. The van der Waals surface area contributed by atoms with Gasteiger partial charge in [-0.1, -0.05) is 18.2 Å². The van der Waals surface area contributed by atoms with Crippen LogP contribution in [0.2, 0.25) is 0 Å². The van der Waals surface area contributed by atoms with Crippen LogP contribution in [-0.2, 0) is 16.1 Å². The van der Waals surface area contributed by atoms with Crippen molar-refractivity contribution in [1.29, 1.82) is 0 Å². The number of hydrogen-bond donors (Lipinski definition) is 2. The minimum atomic E-state index is -0.890. The number of aromatic nitrogens is 2. The number of furan rings is 1. The molecule has 0 radical (unpaired) electrons. The fourth-order valence-corrected chi connectivity index (χ4v) is 3.04. The minimum Gasteiger partial charge on any atom is -0.497 e. The SMILES string of the molecule is COc1ccc(-c2nn(-c3ccccc3)cc2/C=N/NC(=O)C(=O)NCc2ccco2)cc1. The van der Waals surface area contributed by atoms with Gasteiger partial charge in [-0.2, -0.15) is 10.2 Å². The highest BCUT2D eigenvalue weighted by Crippen LogP contribution is 2.25. The van der Waals surface area contributed by atoms with E-state index in [9.17, 15) is 9.59 Å². The van der Waals surface area contributed by atoms with Crippen LogP contribution < -0.4 is 15.5 Å². The molecule has 2 heterocycles. The zero-order chi connectivity index (χ0) is 23.0. The van der Waals surface area contributed by atoms with Crippen molar-refractivity contribution < 1.29 is 18.7 Å². The van der Waals surface area contributed by atoms with Crippen LogP contribution in [0.25, 0.3) is 16.9 Å². The van der Waals surface area contributed by atoms with E-state index < -0.39 is 11.8 Å². The molecule has 9 nitrogen and oxygen atoms in total. The van der Waals surface area contributed by atoms with Gasteiger partial charge in [0, 0.05) is 17.3 Å². The summed E-state index contributed by atoms with van der Waals surface area (Å²) in [5.74, 6) is -0.445. The standard InChI is InChI=1S/C24H21N5O4/c1-32-20-11-9-17(10-12-20)22-18(16-29(28-22)19-6-3-2-4-7-19)14-26-27-24(31)23(30)25-15-21-8-5-13-33-21/h2-14,16H,15H2,1H3,(H,25,30)(H,27,31)/b26-14+. The van der Waals surface area contributed by atoms with E-state index in [1.54, 1.807) is 30.1 Å². The summed E-state index contributed by atoms with van der Waals surface area (Å²) in [6, 6.07) is 20.4. The van der Waals surface area contributed by atoms with Crippen molar-refractivity contribution in [3.8, 4) is 22.7 Å². The van der Waals surface area contributed by atoms with Crippen LogP contribution in [0.3, 0.4) is 0 Å². The van der Waals surface area contributed by atoms with Gasteiger partial charge in [0.15, 0.2) is 0 Å². The van der Waals surface area contributed by atoms with Crippen LogP contribution >= 0.6 is 0 Å². The molecule has 0 aliphatic carbocycles. The number of methoxy groups -OCH3 is 1. The molecule has 0 bridgehead atoms. The van der Waals surface area contributed by atoms with Gasteiger partial charge >= 0.3 is 11.8 Å². The second-order valence-electron chi connectivity index (χ2n) is 6.90. The van der Waals surface area contributed by atoms with Crippen LogP contribution in [0.15, 0.2) is 88.7 Å². The minimum absolute atomic E-state index is 0.106. The van der Waals surface area contributed by atoms with Gasteiger partial charge in [-0.05, 0) is 48.5 Å². The molecule has 0 unspecified atom stereocenters. The van der Waals surface area contributed by atoms with Gasteiger partial charge in [0.25, 0.3) is 0 Å². The number of hydrogen-bond acceptors (Lipinski definition) is 6. The highest BCUT2D eigenvalue weighted by molar-refractivity contribution is 6.35. The molecule has 33 heavy (non-hydrogen) atoms. The molecule has 0 saturated heterocycles. The van der Waals surface area contributed by atoms with Crippen LogP contribution in [0, 0.1) is 0 Å². The lowest BCUT2D eigenvalue weighted by Crippen LogP contribution is -2.37. The van der Waals surface area contributed by atoms with E-state index in [0.717, 1.165) is 17.0 Å². The van der Waals surface area contributed by atoms with Gasteiger partial charge in [-0.25, -0.2) is 10.1 Å². The summed E-state index contributed by atoms with van der Waals surface area (Å²) in [5, 5.41) is 11.1. The Hall–Kier alpha value is -4.66. The number of ether oxygens (including phenoxy) is 1. The Kier molecular flexibility index (Phi) is 6.60. The molecule has 0 aliphatic rings. The lowest BCUT2D eigenvalue weighted by Gasteiger charge is -2.03. The summed E-state index contributed by atoms with van der Waals surface area (Å²) in [5.41, 5.74) is 5.26. The normalized spacial score (nSPS) is 10.8. The van der Waals surface area contributed by atoms with Gasteiger partial charge in [0.1, 0.15) is 17.2 Å². The van der Waals surface area contributed by atoms with Gasteiger partial charge < -0.3 is 14.5 Å². The molecule has 4 aromatic rings. The zero-order valence-electron chi connectivity index (χ0n) is 17.8. The highest BCUT2D eigenvalue weighted by atomic mass is 16.5. The molecule has 9 heteroatoms. The van der Waals surface area contributed by atoms with Crippen LogP contribution in [0.1, 0.15) is 11.3 Å². The third-order valence-electron chi connectivity index (χ3n) is 4.71. The molecule has 0 saturated carbocycles. The fraction of sp³-hybridized carbons (Fsp3) is 0.0833. The first-order valence-corrected chi connectivity index (χ1v) is 10.1. The number of amides is 2. The average molecular weight is 443 g/mol. The molecule has 2 aromatic heterocycles. The summed E-state index contributed by atoms with van der Waals surface area (Å²) in [7, 11) is 1.60. The Labute approximate surface area is 189 Å². The van der Waals surface area contributed by atoms with Crippen LogP contribution in [0.4, 0.5) is 0 Å². The van der Waals surface area contributed by atoms with Gasteiger partial charge in [-0.3, -0.25) is 9.59 Å². The maximum atomic E-state index is 12.0. The first-order valence-electron chi connectivity index (χ1n) is 10.1. The van der Waals surface area contributed by atoms with E-state index in [0.29, 0.717) is 17.0 Å². The molecular formula is C24H21N5O4. The molecule has 0 atom stereocenters. The molecule has 0 aliphatic heterocycles. The Morgan fingerprint density at radius 2 is 1.85 bits per heavy atom. The Morgan fingerprint density at radius 3 is 2.55 bits per heavy atom. The van der Waals surface area contributed by atoms with Gasteiger partial charge in [0.05, 0.1) is 31.8 Å². The van der Waals surface area contributed by atoms with Gasteiger partial charge in [-0.15, -0.1) is 0 Å². The molecule has 2 aromatic carbocycles. The van der Waals surface area contributed by atoms with E-state index >= 15 is 0 Å². The zero-order valence-corrected chi connectivity index (χ0v) is 17.8. The van der Waals surface area contributed by atoms with E-state index in [-0.39, 0.29) is 6.54 Å². The predicted octanol–water partition coefficient (Wildman–Crippen LogP) is 2.91. The topological polar surface area (TPSA) is 111 Å². The first-order chi connectivity index (χ1) is 16.1. The number of benzene rings is 2. The van der Waals surface area contributed by atoms with Crippen molar-refractivity contribution >= 4 is 18.0 Å². The van der Waals surface area contributed by atoms with Crippen molar-refractivity contribution in [3.63, 3.8) is 0 Å². The van der Waals surface area contributed by atoms with Gasteiger partial charge in [0.2, 0.25) is 0 Å². The lowest BCUT2D eigenvalue weighted by atomic mass is 10.1. The van der Waals surface area contributed by atoms with Crippen LogP contribution in [0.5, 0.6) is 5.75 Å². The lowest BCUT2D eigenvalue weighted by molar-refractivity contribution is -0.139. The number of nitrogens with zero attached hydrogens (tertiary/aromatic N) is 3. The first kappa shape index (κ1) is 21.6. The summed E-state index contributed by atoms with van der Waals surface area (Å²) < 4.78 is 12.1. The maximum Gasteiger partial charge on any atom is 0.329 e. The fourth-order valence-electron chi connectivity index (χ4n) is 3.04. The van der Waals surface area contributed by atoms with Crippen LogP contribution in [-0.4, -0.2) is 34.9 Å². The summed E-state index contributed by atoms with van der Waals surface area (Å²) >= 11 is 0. The van der Waals surface area contributed by atoms with E-state index in [2.05, 4.69) is 20.9 Å². The number of rotatable bonds is 7. The van der Waals surface area contributed by atoms with E-state index in [1.807, 2.05) is 54.6 Å². The number of carbonyl (C=O) groups excluding carboxylic acids is 2. The number of nitrogens with one attached hydrogen (secondary N) is 2. The second kappa shape index (κ2) is 10.1. The number of para-hydroxylation sites is 1. The molecular weight excluding hydrogens is 422 g/mol. The second-order valence-corrected chi connectivity index (χ2v) is 6.90. The monoisotopic (exact) mass is 443 g/mol. The van der Waals surface area contributed by atoms with E-state index in [1.165, 1.54) is 12.5 Å². The Balaban J connectivity index is 1.51. The van der Waals surface area contributed by atoms with Crippen molar-refractivity contribution in [2.45, 2.75) is 6.54 Å². The molecule has 2 N–H and O–H groups in total. The van der Waals surface area contributed by atoms with Crippen molar-refractivity contribution in [1.82, 2.24) is 20.5 Å². The van der Waals surface area contributed by atoms with E-state index in [4.69, 9.17) is 9.15 Å². The highest BCUT2D eigenvalue weighted by Gasteiger charge is 2.14.